The minimum Gasteiger partial charge on any atom is -0.481 e. The van der Waals surface area contributed by atoms with Crippen molar-refractivity contribution in [3.05, 3.63) is 0 Å². The van der Waals surface area contributed by atoms with Gasteiger partial charge in [-0.1, -0.05) is 6.42 Å². The summed E-state index contributed by atoms with van der Waals surface area (Å²) in [4.78, 5) is 24.3. The summed E-state index contributed by atoms with van der Waals surface area (Å²) in [5.41, 5.74) is 0. The van der Waals surface area contributed by atoms with Crippen LogP contribution < -0.4 is 5.32 Å². The second-order valence-electron chi connectivity index (χ2n) is 4.22. The van der Waals surface area contributed by atoms with Crippen LogP contribution in [0.3, 0.4) is 0 Å². The Balaban J connectivity index is 2.07. The molecule has 2 fully saturated rings. The monoisotopic (exact) mass is 212 g/mol. The minimum atomic E-state index is -0.768. The van der Waals surface area contributed by atoms with Crippen LogP contribution in [-0.4, -0.2) is 41.1 Å². The van der Waals surface area contributed by atoms with Gasteiger partial charge in [-0.2, -0.15) is 0 Å². The van der Waals surface area contributed by atoms with Crippen molar-refractivity contribution in [1.29, 1.82) is 0 Å². The molecule has 1 heterocycles. The van der Waals surface area contributed by atoms with Crippen molar-refractivity contribution in [1.82, 2.24) is 10.2 Å². The molecule has 1 aliphatic carbocycles. The van der Waals surface area contributed by atoms with Crippen molar-refractivity contribution in [3.8, 4) is 0 Å². The van der Waals surface area contributed by atoms with E-state index in [1.165, 1.54) is 0 Å². The minimum absolute atomic E-state index is 0.0946. The molecule has 0 spiro atoms. The molecule has 2 atom stereocenters. The molecule has 15 heavy (non-hydrogen) atoms. The van der Waals surface area contributed by atoms with E-state index in [0.29, 0.717) is 19.5 Å². The largest absolute Gasteiger partial charge is 0.481 e. The van der Waals surface area contributed by atoms with Gasteiger partial charge in [0.1, 0.15) is 0 Å². The average molecular weight is 212 g/mol. The molecule has 84 valence electrons. The predicted molar refractivity (Wildman–Crippen MR) is 53.5 cm³/mol. The molecule has 2 unspecified atom stereocenters. The fourth-order valence-corrected chi connectivity index (χ4v) is 2.57. The summed E-state index contributed by atoms with van der Waals surface area (Å²) >= 11 is 0. The molecule has 0 aromatic carbocycles. The number of carboxylic acid groups (broad SMARTS) is 1. The number of nitrogens with zero attached hydrogens (tertiary/aromatic N) is 1. The molecule has 1 saturated heterocycles. The molecule has 0 aromatic heterocycles. The van der Waals surface area contributed by atoms with E-state index in [1.54, 1.807) is 4.90 Å². The number of rotatable bonds is 2. The lowest BCUT2D eigenvalue weighted by Crippen LogP contribution is -2.53. The Kier molecular flexibility index (Phi) is 2.79. The molecule has 0 radical (unpaired) electrons. The van der Waals surface area contributed by atoms with Crippen molar-refractivity contribution >= 4 is 12.0 Å². The first-order chi connectivity index (χ1) is 7.20. The summed E-state index contributed by atoms with van der Waals surface area (Å²) in [5, 5.41) is 11.8. The lowest BCUT2D eigenvalue weighted by Gasteiger charge is -2.34. The van der Waals surface area contributed by atoms with Gasteiger partial charge in [0, 0.05) is 19.1 Å². The number of hydrogen-bond acceptors (Lipinski definition) is 2. The maximum atomic E-state index is 11.6. The Bertz CT molecular complexity index is 280. The first-order valence-corrected chi connectivity index (χ1v) is 5.47. The molecule has 1 aliphatic heterocycles. The summed E-state index contributed by atoms with van der Waals surface area (Å²) in [6.07, 6.45) is 3.34. The molecule has 5 heteroatoms. The zero-order valence-corrected chi connectivity index (χ0v) is 8.61. The van der Waals surface area contributed by atoms with E-state index in [0.717, 1.165) is 19.3 Å². The Morgan fingerprint density at radius 1 is 1.40 bits per heavy atom. The molecule has 1 saturated carbocycles. The zero-order chi connectivity index (χ0) is 10.8. The number of carbonyl (C=O) groups is 2. The maximum absolute atomic E-state index is 11.6. The third-order valence-electron chi connectivity index (χ3n) is 3.31. The molecule has 2 amide bonds. The first-order valence-electron chi connectivity index (χ1n) is 5.47. The van der Waals surface area contributed by atoms with Crippen molar-refractivity contribution in [2.24, 2.45) is 5.92 Å². The number of aliphatic carboxylic acids is 1. The summed E-state index contributed by atoms with van der Waals surface area (Å²) in [6.45, 7) is 1.40. The highest BCUT2D eigenvalue weighted by Crippen LogP contribution is 2.30. The van der Waals surface area contributed by atoms with Gasteiger partial charge in [0.25, 0.3) is 0 Å². The van der Waals surface area contributed by atoms with Crippen LogP contribution in [0.1, 0.15) is 25.7 Å². The van der Waals surface area contributed by atoms with Crippen LogP contribution in [0.25, 0.3) is 0 Å². The normalized spacial score (nSPS) is 31.5. The number of urea groups is 1. The zero-order valence-electron chi connectivity index (χ0n) is 8.61. The van der Waals surface area contributed by atoms with E-state index in [1.807, 2.05) is 0 Å². The summed E-state index contributed by atoms with van der Waals surface area (Å²) < 4.78 is 0. The molecule has 2 rings (SSSR count). The van der Waals surface area contributed by atoms with Crippen molar-refractivity contribution in [3.63, 3.8) is 0 Å². The number of hydrogen-bond donors (Lipinski definition) is 2. The van der Waals surface area contributed by atoms with E-state index in [4.69, 9.17) is 5.11 Å². The standard InChI is InChI=1S/C10H16N2O3/c13-9(14)7-3-1-4-8(7)12-6-2-5-11-10(12)15/h7-8H,1-6H2,(H,11,15)(H,13,14). The fraction of sp³-hybridized carbons (Fsp3) is 0.800. The van der Waals surface area contributed by atoms with E-state index in [-0.39, 0.29) is 18.0 Å². The van der Waals surface area contributed by atoms with Crippen LogP contribution in [0.15, 0.2) is 0 Å². The van der Waals surface area contributed by atoms with Crippen molar-refractivity contribution in [2.75, 3.05) is 13.1 Å². The Morgan fingerprint density at radius 2 is 2.20 bits per heavy atom. The van der Waals surface area contributed by atoms with Gasteiger partial charge in [0.2, 0.25) is 0 Å². The smallest absolute Gasteiger partial charge is 0.317 e. The second kappa shape index (κ2) is 4.08. The maximum Gasteiger partial charge on any atom is 0.317 e. The molecular weight excluding hydrogens is 196 g/mol. The van der Waals surface area contributed by atoms with Crippen LogP contribution in [0, 0.1) is 5.92 Å². The quantitative estimate of drug-likeness (QED) is 0.706. The van der Waals surface area contributed by atoms with Gasteiger partial charge in [-0.25, -0.2) is 4.79 Å². The molecule has 5 nitrogen and oxygen atoms in total. The number of carboxylic acids is 1. The number of carbonyl (C=O) groups excluding carboxylic acids is 1. The SMILES string of the molecule is O=C(O)C1CCCC1N1CCCNC1=O. The molecule has 0 aromatic rings. The van der Waals surface area contributed by atoms with Gasteiger partial charge in [0.05, 0.1) is 5.92 Å². The molecular formula is C10H16N2O3. The first kappa shape index (κ1) is 10.3. The Morgan fingerprint density at radius 3 is 2.87 bits per heavy atom. The van der Waals surface area contributed by atoms with Crippen LogP contribution in [-0.2, 0) is 4.79 Å². The van der Waals surface area contributed by atoms with Gasteiger partial charge in [0.15, 0.2) is 0 Å². The third kappa shape index (κ3) is 1.91. The van der Waals surface area contributed by atoms with Gasteiger partial charge in [-0.15, -0.1) is 0 Å². The Hall–Kier alpha value is -1.26. The second-order valence-corrected chi connectivity index (χ2v) is 4.22. The van der Waals surface area contributed by atoms with E-state index >= 15 is 0 Å². The van der Waals surface area contributed by atoms with Crippen LogP contribution in [0.5, 0.6) is 0 Å². The van der Waals surface area contributed by atoms with Gasteiger partial charge in [-0.05, 0) is 19.3 Å². The summed E-state index contributed by atoms with van der Waals surface area (Å²) in [6, 6.07) is -0.192. The summed E-state index contributed by atoms with van der Waals surface area (Å²) in [7, 11) is 0. The topological polar surface area (TPSA) is 69.6 Å². The third-order valence-corrected chi connectivity index (χ3v) is 3.31. The van der Waals surface area contributed by atoms with Crippen molar-refractivity contribution in [2.45, 2.75) is 31.7 Å². The molecule has 2 N–H and O–H groups in total. The highest BCUT2D eigenvalue weighted by molar-refractivity contribution is 5.77. The number of nitrogens with one attached hydrogen (secondary N) is 1. The van der Waals surface area contributed by atoms with E-state index < -0.39 is 5.97 Å². The van der Waals surface area contributed by atoms with Crippen LogP contribution >= 0.6 is 0 Å². The highest BCUT2D eigenvalue weighted by Gasteiger charge is 2.39. The summed E-state index contributed by atoms with van der Waals surface area (Å²) in [5.74, 6) is -1.13. The van der Waals surface area contributed by atoms with Gasteiger partial charge >= 0.3 is 12.0 Å². The lowest BCUT2D eigenvalue weighted by atomic mass is 10.0. The predicted octanol–water partition coefficient (Wildman–Crippen LogP) is 0.655. The van der Waals surface area contributed by atoms with Crippen molar-refractivity contribution < 1.29 is 14.7 Å². The molecule has 0 bridgehead atoms. The molecule has 2 aliphatic rings. The number of amides is 2. The fourth-order valence-electron chi connectivity index (χ4n) is 2.57. The van der Waals surface area contributed by atoms with E-state index in [2.05, 4.69) is 5.32 Å². The lowest BCUT2D eigenvalue weighted by molar-refractivity contribution is -0.143. The van der Waals surface area contributed by atoms with Crippen LogP contribution in [0.2, 0.25) is 0 Å². The van der Waals surface area contributed by atoms with E-state index in [9.17, 15) is 9.59 Å². The highest BCUT2D eigenvalue weighted by atomic mass is 16.4. The van der Waals surface area contributed by atoms with Crippen LogP contribution in [0.4, 0.5) is 4.79 Å². The Labute approximate surface area is 88.4 Å². The van der Waals surface area contributed by atoms with Gasteiger partial charge in [-0.3, -0.25) is 4.79 Å². The van der Waals surface area contributed by atoms with Gasteiger partial charge < -0.3 is 15.3 Å². The average Bonchev–Trinajstić information content (AvgIpc) is 2.67.